The minimum absolute atomic E-state index is 0.0413. The van der Waals surface area contributed by atoms with E-state index < -0.39 is 6.09 Å². The molecule has 2 aromatic rings. The van der Waals surface area contributed by atoms with Gasteiger partial charge in [0.1, 0.15) is 6.10 Å². The lowest BCUT2D eigenvalue weighted by atomic mass is 9.92. The monoisotopic (exact) mass is 343 g/mol. The molecule has 1 aliphatic rings. The Hall–Kier alpha value is -2.77. The number of rotatable bonds is 4. The first-order valence-corrected chi connectivity index (χ1v) is 8.29. The summed E-state index contributed by atoms with van der Waals surface area (Å²) in [6.07, 6.45) is 7.32. The average Bonchev–Trinajstić information content (AvgIpc) is 2.63. The van der Waals surface area contributed by atoms with E-state index in [0.717, 1.165) is 29.7 Å². The van der Waals surface area contributed by atoms with Crippen molar-refractivity contribution in [1.82, 2.24) is 25.1 Å². The molecule has 3 heterocycles. The third-order valence-corrected chi connectivity index (χ3v) is 4.61. The number of aromatic nitrogens is 4. The van der Waals surface area contributed by atoms with Crippen molar-refractivity contribution in [2.24, 2.45) is 5.92 Å². The van der Waals surface area contributed by atoms with Gasteiger partial charge in [0, 0.05) is 18.7 Å². The fourth-order valence-corrected chi connectivity index (χ4v) is 3.01. The van der Waals surface area contributed by atoms with Crippen molar-refractivity contribution in [3.05, 3.63) is 30.4 Å². The van der Waals surface area contributed by atoms with Gasteiger partial charge in [0.05, 0.1) is 30.5 Å². The largest absolute Gasteiger partial charge is 0.473 e. The predicted octanol–water partition coefficient (Wildman–Crippen LogP) is 2.40. The summed E-state index contributed by atoms with van der Waals surface area (Å²) in [5, 5.41) is 16.7. The van der Waals surface area contributed by atoms with E-state index in [1.807, 2.05) is 13.8 Å². The number of aryl methyl sites for hydroxylation is 1. The molecular weight excluding hydrogens is 322 g/mol. The molecule has 0 unspecified atom stereocenters. The molecule has 25 heavy (non-hydrogen) atoms. The number of hydrogen-bond acceptors (Lipinski definition) is 6. The first kappa shape index (κ1) is 17.1. The zero-order valence-electron chi connectivity index (χ0n) is 14.3. The molecule has 8 heteroatoms. The topological polar surface area (TPSA) is 101 Å². The molecule has 0 bridgehead atoms. The summed E-state index contributed by atoms with van der Waals surface area (Å²) in [6.45, 7) is 5.04. The Morgan fingerprint density at radius 3 is 2.52 bits per heavy atom. The number of piperidine rings is 1. The summed E-state index contributed by atoms with van der Waals surface area (Å²) in [4.78, 5) is 21.1. The van der Waals surface area contributed by atoms with E-state index in [0.29, 0.717) is 24.9 Å². The summed E-state index contributed by atoms with van der Waals surface area (Å²) >= 11 is 0. The molecule has 1 atom stereocenters. The molecule has 0 aromatic carbocycles. The van der Waals surface area contributed by atoms with Crippen molar-refractivity contribution in [2.75, 3.05) is 13.1 Å². The second kappa shape index (κ2) is 7.42. The lowest BCUT2D eigenvalue weighted by Crippen LogP contribution is -2.41. The Labute approximate surface area is 145 Å². The number of carboxylic acid groups (broad SMARTS) is 1. The third-order valence-electron chi connectivity index (χ3n) is 4.61. The number of ether oxygens (including phenoxy) is 1. The van der Waals surface area contributed by atoms with Gasteiger partial charge in [-0.25, -0.2) is 14.8 Å². The highest BCUT2D eigenvalue weighted by Gasteiger charge is 2.27. The summed E-state index contributed by atoms with van der Waals surface area (Å²) in [7, 11) is 0. The van der Waals surface area contributed by atoms with Gasteiger partial charge in [0.2, 0.25) is 5.88 Å². The summed E-state index contributed by atoms with van der Waals surface area (Å²) in [5.74, 6) is 0.778. The molecule has 132 valence electrons. The van der Waals surface area contributed by atoms with E-state index in [1.165, 1.54) is 4.90 Å². The van der Waals surface area contributed by atoms with Crippen molar-refractivity contribution in [3.8, 4) is 17.1 Å². The molecule has 1 amide bonds. The van der Waals surface area contributed by atoms with E-state index in [9.17, 15) is 4.79 Å². The molecule has 1 N–H and O–H groups in total. The highest BCUT2D eigenvalue weighted by molar-refractivity contribution is 5.65. The normalized spacial score (nSPS) is 16.5. The van der Waals surface area contributed by atoms with Crippen LogP contribution in [-0.4, -0.2) is 55.5 Å². The number of likely N-dealkylation sites (tertiary alicyclic amines) is 1. The lowest BCUT2D eigenvalue weighted by Gasteiger charge is -2.33. The van der Waals surface area contributed by atoms with Crippen LogP contribution >= 0.6 is 0 Å². The van der Waals surface area contributed by atoms with Gasteiger partial charge in [-0.3, -0.25) is 0 Å². The Morgan fingerprint density at radius 2 is 1.92 bits per heavy atom. The van der Waals surface area contributed by atoms with Crippen molar-refractivity contribution in [3.63, 3.8) is 0 Å². The molecule has 3 rings (SSSR count). The van der Waals surface area contributed by atoms with Crippen molar-refractivity contribution >= 4 is 6.09 Å². The third kappa shape index (κ3) is 4.01. The van der Waals surface area contributed by atoms with E-state index in [4.69, 9.17) is 9.84 Å². The van der Waals surface area contributed by atoms with Crippen molar-refractivity contribution in [1.29, 1.82) is 0 Å². The van der Waals surface area contributed by atoms with E-state index in [1.54, 1.807) is 24.8 Å². The van der Waals surface area contributed by atoms with Crippen molar-refractivity contribution in [2.45, 2.75) is 32.8 Å². The highest BCUT2D eigenvalue weighted by Crippen LogP contribution is 2.24. The van der Waals surface area contributed by atoms with E-state index in [-0.39, 0.29) is 6.10 Å². The van der Waals surface area contributed by atoms with Gasteiger partial charge in [-0.2, -0.15) is 10.2 Å². The Balaban J connectivity index is 1.60. The molecule has 0 radical (unpaired) electrons. The molecule has 2 aromatic heterocycles. The van der Waals surface area contributed by atoms with Crippen LogP contribution in [0.3, 0.4) is 0 Å². The number of hydrogen-bond donors (Lipinski definition) is 1. The minimum atomic E-state index is -0.852. The van der Waals surface area contributed by atoms with Gasteiger partial charge in [-0.15, -0.1) is 0 Å². The first-order chi connectivity index (χ1) is 12.0. The predicted molar refractivity (Wildman–Crippen MR) is 90.2 cm³/mol. The van der Waals surface area contributed by atoms with Crippen LogP contribution in [0.2, 0.25) is 0 Å². The maximum atomic E-state index is 11.0. The first-order valence-electron chi connectivity index (χ1n) is 8.29. The molecule has 1 fully saturated rings. The molecular formula is C17H21N5O3. The summed E-state index contributed by atoms with van der Waals surface area (Å²) < 4.78 is 5.90. The minimum Gasteiger partial charge on any atom is -0.473 e. The molecule has 0 aliphatic carbocycles. The van der Waals surface area contributed by atoms with Gasteiger partial charge in [-0.05, 0) is 38.2 Å². The zero-order chi connectivity index (χ0) is 17.8. The molecule has 1 saturated heterocycles. The Bertz CT molecular complexity index is 729. The highest BCUT2D eigenvalue weighted by atomic mass is 16.5. The second-order valence-electron chi connectivity index (χ2n) is 6.26. The van der Waals surface area contributed by atoms with Crippen LogP contribution in [0.15, 0.2) is 24.8 Å². The van der Waals surface area contributed by atoms with Crippen LogP contribution in [0, 0.1) is 12.8 Å². The Kier molecular flexibility index (Phi) is 5.06. The van der Waals surface area contributed by atoms with Crippen LogP contribution in [0.4, 0.5) is 4.79 Å². The SMILES string of the molecule is Cc1cnncc1-c1cnc(O[C@@H](C)C2CCN(C(=O)O)CC2)cn1. The van der Waals surface area contributed by atoms with Gasteiger partial charge in [0.25, 0.3) is 0 Å². The maximum absolute atomic E-state index is 11.0. The summed E-state index contributed by atoms with van der Waals surface area (Å²) in [5.41, 5.74) is 2.60. The van der Waals surface area contributed by atoms with Crippen molar-refractivity contribution < 1.29 is 14.6 Å². The summed E-state index contributed by atoms with van der Waals surface area (Å²) in [6, 6.07) is 0. The molecule has 1 aliphatic heterocycles. The van der Waals surface area contributed by atoms with Gasteiger partial charge in [0.15, 0.2) is 0 Å². The van der Waals surface area contributed by atoms with Gasteiger partial charge >= 0.3 is 6.09 Å². The quantitative estimate of drug-likeness (QED) is 0.909. The van der Waals surface area contributed by atoms with Crippen LogP contribution in [0.1, 0.15) is 25.3 Å². The number of amides is 1. The van der Waals surface area contributed by atoms with Crippen LogP contribution < -0.4 is 4.74 Å². The molecule has 0 spiro atoms. The number of carbonyl (C=O) groups is 1. The standard InChI is InChI=1S/C17H21N5O3/c1-11-7-20-21-8-14(11)15-9-19-16(10-18-15)25-12(2)13-3-5-22(6-4-13)17(23)24/h7-10,12-13H,3-6H2,1-2H3,(H,23,24)/t12-/m0/s1. The number of nitrogens with zero attached hydrogens (tertiary/aromatic N) is 5. The van der Waals surface area contributed by atoms with Gasteiger partial charge < -0.3 is 14.7 Å². The molecule has 8 nitrogen and oxygen atoms in total. The lowest BCUT2D eigenvalue weighted by molar-refractivity contribution is 0.0788. The smallest absolute Gasteiger partial charge is 0.407 e. The van der Waals surface area contributed by atoms with Crippen LogP contribution in [0.25, 0.3) is 11.3 Å². The van der Waals surface area contributed by atoms with Gasteiger partial charge in [-0.1, -0.05) is 0 Å². The zero-order valence-corrected chi connectivity index (χ0v) is 14.3. The van der Waals surface area contributed by atoms with E-state index in [2.05, 4.69) is 20.2 Å². The molecule has 0 saturated carbocycles. The van der Waals surface area contributed by atoms with Crippen LogP contribution in [0.5, 0.6) is 5.88 Å². The maximum Gasteiger partial charge on any atom is 0.407 e. The van der Waals surface area contributed by atoms with Crippen LogP contribution in [-0.2, 0) is 0 Å². The fraction of sp³-hybridized carbons (Fsp3) is 0.471. The average molecular weight is 343 g/mol. The Morgan fingerprint density at radius 1 is 1.20 bits per heavy atom. The second-order valence-corrected chi connectivity index (χ2v) is 6.26. The van der Waals surface area contributed by atoms with E-state index >= 15 is 0 Å². The fourth-order valence-electron chi connectivity index (χ4n) is 3.01.